The number of hydrogen-bond acceptors (Lipinski definition) is 7. The predicted octanol–water partition coefficient (Wildman–Crippen LogP) is 0.902. The lowest BCUT2D eigenvalue weighted by Crippen LogP contribution is -2.37. The van der Waals surface area contributed by atoms with Crippen LogP contribution in [-0.2, 0) is 26.2 Å². The number of aliphatic carboxylic acids is 1. The molecule has 1 unspecified atom stereocenters. The Morgan fingerprint density at radius 2 is 1.88 bits per heavy atom. The molecule has 0 fully saturated rings. The zero-order chi connectivity index (χ0) is 23.3. The Morgan fingerprint density at radius 1 is 1.16 bits per heavy atom. The van der Waals surface area contributed by atoms with E-state index in [9.17, 15) is 27.6 Å². The predicted molar refractivity (Wildman–Crippen MR) is 111 cm³/mol. The van der Waals surface area contributed by atoms with Crippen molar-refractivity contribution in [2.75, 3.05) is 6.61 Å². The lowest BCUT2D eigenvalue weighted by atomic mass is 10.1. The first kappa shape index (κ1) is 23.1. The van der Waals surface area contributed by atoms with Crippen LogP contribution in [0.15, 0.2) is 47.4 Å². The Labute approximate surface area is 183 Å². The van der Waals surface area contributed by atoms with Crippen LogP contribution in [0, 0.1) is 0 Å². The number of fused-ring (bicyclic) bond motifs is 1. The van der Waals surface area contributed by atoms with Gasteiger partial charge in [0.2, 0.25) is 10.0 Å². The summed E-state index contributed by atoms with van der Waals surface area (Å²) >= 11 is 0. The molecule has 0 spiro atoms. The maximum absolute atomic E-state index is 12.6. The Kier molecular flexibility index (Phi) is 7.01. The minimum atomic E-state index is -3.90. The van der Waals surface area contributed by atoms with Gasteiger partial charge in [-0.3, -0.25) is 14.4 Å². The SMILES string of the molecule is O=CC(CC(=O)O)NC(=O)c1ccc(CNS(=O)(=O)c2ccc3c(c2)C(=O)CCO3)cc1. The van der Waals surface area contributed by atoms with Gasteiger partial charge >= 0.3 is 5.97 Å². The van der Waals surface area contributed by atoms with Crippen LogP contribution in [0.3, 0.4) is 0 Å². The van der Waals surface area contributed by atoms with Crippen molar-refractivity contribution in [2.45, 2.75) is 30.3 Å². The van der Waals surface area contributed by atoms with E-state index in [1.54, 1.807) is 0 Å². The summed E-state index contributed by atoms with van der Waals surface area (Å²) < 4.78 is 33.0. The smallest absolute Gasteiger partial charge is 0.305 e. The topological polar surface area (TPSA) is 156 Å². The van der Waals surface area contributed by atoms with Crippen LogP contribution in [0.25, 0.3) is 0 Å². The van der Waals surface area contributed by atoms with Crippen molar-refractivity contribution < 1.29 is 37.4 Å². The van der Waals surface area contributed by atoms with Crippen LogP contribution in [-0.4, -0.2) is 50.1 Å². The molecule has 3 rings (SSSR count). The van der Waals surface area contributed by atoms with Crippen LogP contribution in [0.5, 0.6) is 5.75 Å². The maximum atomic E-state index is 12.6. The summed E-state index contributed by atoms with van der Waals surface area (Å²) in [5.41, 5.74) is 0.966. The Hall–Kier alpha value is -3.57. The fourth-order valence-corrected chi connectivity index (χ4v) is 4.06. The minimum absolute atomic E-state index is 0.0653. The molecule has 1 aliphatic heterocycles. The number of benzene rings is 2. The number of sulfonamides is 1. The molecule has 0 saturated heterocycles. The summed E-state index contributed by atoms with van der Waals surface area (Å²) in [6.45, 7) is 0.196. The molecule has 32 heavy (non-hydrogen) atoms. The molecule has 1 amide bonds. The highest BCUT2D eigenvalue weighted by atomic mass is 32.2. The number of carboxylic acid groups (broad SMARTS) is 1. The molecule has 0 saturated carbocycles. The number of carboxylic acids is 1. The van der Waals surface area contributed by atoms with Gasteiger partial charge in [0.1, 0.15) is 12.0 Å². The molecule has 0 bridgehead atoms. The van der Waals surface area contributed by atoms with E-state index in [1.165, 1.54) is 42.5 Å². The molecule has 1 aliphatic rings. The van der Waals surface area contributed by atoms with Gasteiger partial charge < -0.3 is 20.0 Å². The Balaban J connectivity index is 1.64. The highest BCUT2D eigenvalue weighted by Crippen LogP contribution is 2.27. The first-order valence-electron chi connectivity index (χ1n) is 9.56. The van der Waals surface area contributed by atoms with Crippen molar-refractivity contribution in [1.82, 2.24) is 10.0 Å². The van der Waals surface area contributed by atoms with Gasteiger partial charge in [0.15, 0.2) is 5.78 Å². The third-order valence-corrected chi connectivity index (χ3v) is 6.11. The van der Waals surface area contributed by atoms with E-state index in [-0.39, 0.29) is 41.4 Å². The number of ether oxygens (including phenoxy) is 1. The molecule has 11 heteroatoms. The van der Waals surface area contributed by atoms with Crippen LogP contribution < -0.4 is 14.8 Å². The van der Waals surface area contributed by atoms with E-state index in [0.29, 0.717) is 17.6 Å². The molecule has 2 aromatic carbocycles. The van der Waals surface area contributed by atoms with Gasteiger partial charge in [-0.15, -0.1) is 0 Å². The monoisotopic (exact) mass is 460 g/mol. The lowest BCUT2D eigenvalue weighted by Gasteiger charge is -2.17. The van der Waals surface area contributed by atoms with Crippen LogP contribution >= 0.6 is 0 Å². The minimum Gasteiger partial charge on any atom is -0.492 e. The largest absolute Gasteiger partial charge is 0.492 e. The third kappa shape index (κ3) is 5.56. The summed E-state index contributed by atoms with van der Waals surface area (Å²) in [5, 5.41) is 11.0. The van der Waals surface area contributed by atoms with Gasteiger partial charge in [0, 0.05) is 18.5 Å². The Bertz CT molecular complexity index is 1160. The highest BCUT2D eigenvalue weighted by molar-refractivity contribution is 7.89. The van der Waals surface area contributed by atoms with Crippen LogP contribution in [0.1, 0.15) is 39.1 Å². The summed E-state index contributed by atoms with van der Waals surface area (Å²) in [6.07, 6.45) is -0.00114. The molecule has 0 aromatic heterocycles. The second kappa shape index (κ2) is 9.71. The molecule has 10 nitrogen and oxygen atoms in total. The molecular weight excluding hydrogens is 440 g/mol. The molecular formula is C21H20N2O8S. The van der Waals surface area contributed by atoms with Crippen LogP contribution in [0.2, 0.25) is 0 Å². The van der Waals surface area contributed by atoms with Gasteiger partial charge in [-0.1, -0.05) is 12.1 Å². The van der Waals surface area contributed by atoms with Gasteiger partial charge in [-0.2, -0.15) is 0 Å². The third-order valence-electron chi connectivity index (χ3n) is 4.71. The first-order valence-corrected chi connectivity index (χ1v) is 11.0. The normalized spacial score (nSPS) is 14.1. The number of carbonyl (C=O) groups is 4. The second-order valence-corrected chi connectivity index (χ2v) is 8.78. The zero-order valence-electron chi connectivity index (χ0n) is 16.7. The number of nitrogens with one attached hydrogen (secondary N) is 2. The van der Waals surface area contributed by atoms with Crippen molar-refractivity contribution >= 4 is 34.0 Å². The molecule has 2 aromatic rings. The number of rotatable bonds is 9. The summed E-state index contributed by atoms with van der Waals surface area (Å²) in [5.74, 6) is -1.68. The number of hydrogen-bond donors (Lipinski definition) is 3. The number of aldehydes is 1. The second-order valence-electron chi connectivity index (χ2n) is 7.01. The van der Waals surface area contributed by atoms with Gasteiger partial charge in [-0.05, 0) is 35.9 Å². The number of carbonyl (C=O) groups excluding carboxylic acids is 3. The average Bonchev–Trinajstić information content (AvgIpc) is 2.77. The van der Waals surface area contributed by atoms with Crippen molar-refractivity contribution in [2.24, 2.45) is 0 Å². The fourth-order valence-electron chi connectivity index (χ4n) is 3.02. The molecule has 0 aliphatic carbocycles. The van der Waals surface area contributed by atoms with E-state index >= 15 is 0 Å². The standard InChI is InChI=1S/C21H20N2O8S/c24-12-15(9-20(26)27)23-21(28)14-3-1-13(2-4-14)11-22-32(29,30)16-5-6-19-17(10-16)18(25)7-8-31-19/h1-6,10,12,15,22H,7-9,11H2,(H,23,28)(H,26,27). The number of ketones is 1. The summed E-state index contributed by atoms with van der Waals surface area (Å²) in [4.78, 5) is 45.6. The molecule has 168 valence electrons. The summed E-state index contributed by atoms with van der Waals surface area (Å²) in [6, 6.07) is 8.84. The van der Waals surface area contributed by atoms with E-state index in [4.69, 9.17) is 9.84 Å². The zero-order valence-corrected chi connectivity index (χ0v) is 17.6. The van der Waals surface area contributed by atoms with Gasteiger partial charge in [0.25, 0.3) is 5.91 Å². The highest BCUT2D eigenvalue weighted by Gasteiger charge is 2.23. The molecule has 1 heterocycles. The van der Waals surface area contributed by atoms with Gasteiger partial charge in [0.05, 0.1) is 29.5 Å². The quantitative estimate of drug-likeness (QED) is 0.466. The Morgan fingerprint density at radius 3 is 2.53 bits per heavy atom. The number of amides is 1. The lowest BCUT2D eigenvalue weighted by molar-refractivity contribution is -0.138. The van der Waals surface area contributed by atoms with E-state index in [2.05, 4.69) is 10.0 Å². The molecule has 1 atom stereocenters. The fraction of sp³-hybridized carbons (Fsp3) is 0.238. The first-order chi connectivity index (χ1) is 15.2. The van der Waals surface area contributed by atoms with E-state index < -0.39 is 34.4 Å². The van der Waals surface area contributed by atoms with Crippen molar-refractivity contribution in [1.29, 1.82) is 0 Å². The van der Waals surface area contributed by atoms with Crippen molar-refractivity contribution in [3.63, 3.8) is 0 Å². The van der Waals surface area contributed by atoms with E-state index in [0.717, 1.165) is 0 Å². The maximum Gasteiger partial charge on any atom is 0.305 e. The molecule has 3 N–H and O–H groups in total. The van der Waals surface area contributed by atoms with Crippen molar-refractivity contribution in [3.8, 4) is 5.75 Å². The number of Topliss-reactive ketones (excluding diaryl/α,β-unsaturated/α-hetero) is 1. The van der Waals surface area contributed by atoms with E-state index in [1.807, 2.05) is 0 Å². The van der Waals surface area contributed by atoms with Crippen LogP contribution in [0.4, 0.5) is 0 Å². The summed E-state index contributed by atoms with van der Waals surface area (Å²) in [7, 11) is -3.90. The average molecular weight is 460 g/mol. The van der Waals surface area contributed by atoms with Gasteiger partial charge in [-0.25, -0.2) is 13.1 Å². The van der Waals surface area contributed by atoms with Crippen molar-refractivity contribution in [3.05, 3.63) is 59.2 Å². The molecule has 0 radical (unpaired) electrons.